The minimum atomic E-state index is -2.67. The Labute approximate surface area is 93.9 Å². The molecule has 15 heavy (non-hydrogen) atoms. The smallest absolute Gasteiger partial charge is 0.361 e. The van der Waals surface area contributed by atoms with E-state index in [0.29, 0.717) is 32.9 Å². The van der Waals surface area contributed by atoms with Gasteiger partial charge in [0.15, 0.2) is 0 Å². The third-order valence-corrected chi connectivity index (χ3v) is 5.03. The van der Waals surface area contributed by atoms with Crippen LogP contribution in [0.15, 0.2) is 0 Å². The lowest BCUT2D eigenvalue weighted by atomic mass is 10.7. The van der Waals surface area contributed by atoms with Crippen LogP contribution < -0.4 is 5.73 Å². The van der Waals surface area contributed by atoms with Crippen molar-refractivity contribution < 1.29 is 13.3 Å². The predicted octanol–water partition coefficient (Wildman–Crippen LogP) is 0.422. The van der Waals surface area contributed by atoms with Gasteiger partial charge in [-0.3, -0.25) is 4.57 Å². The molecule has 92 valence electrons. The lowest BCUT2D eigenvalue weighted by Crippen LogP contribution is -2.60. The van der Waals surface area contributed by atoms with Crippen LogP contribution in [0.2, 0.25) is 0 Å². The van der Waals surface area contributed by atoms with Gasteiger partial charge >= 0.3 is 8.97 Å². The van der Waals surface area contributed by atoms with Crippen LogP contribution >= 0.6 is 0 Å². The Kier molecular flexibility index (Phi) is 8.21. The summed E-state index contributed by atoms with van der Waals surface area (Å²) in [5, 5.41) is 0. The van der Waals surface area contributed by atoms with Gasteiger partial charge in [-0.15, -0.1) is 0 Å². The van der Waals surface area contributed by atoms with Crippen molar-refractivity contribution in [3.05, 3.63) is 0 Å². The van der Waals surface area contributed by atoms with E-state index in [1.165, 1.54) is 0 Å². The van der Waals surface area contributed by atoms with Crippen LogP contribution in [0.1, 0.15) is 20.8 Å². The second-order valence-electron chi connectivity index (χ2n) is 3.03. The normalized spacial score (nSPS) is 12.4. The lowest BCUT2D eigenvalue weighted by molar-refractivity contribution is 0.0244. The van der Waals surface area contributed by atoms with E-state index in [1.807, 2.05) is 32.4 Å². The van der Waals surface area contributed by atoms with Crippen molar-refractivity contribution in [1.82, 2.24) is 4.57 Å². The third-order valence-electron chi connectivity index (χ3n) is 1.91. The molecule has 0 fully saturated rings. The van der Waals surface area contributed by atoms with Gasteiger partial charge in [0.2, 0.25) is 0 Å². The quantitative estimate of drug-likeness (QED) is 0.588. The monoisotopic (exact) mass is 236 g/mol. The van der Waals surface area contributed by atoms with Gasteiger partial charge < -0.3 is 19.0 Å². The highest BCUT2D eigenvalue weighted by atomic mass is 28.4. The lowest BCUT2D eigenvalue weighted by Gasteiger charge is -2.34. The molecule has 0 amide bonds. The Morgan fingerprint density at radius 2 is 1.40 bits per heavy atom. The van der Waals surface area contributed by atoms with Gasteiger partial charge in [-0.05, 0) is 27.8 Å². The average Bonchev–Trinajstić information content (AvgIpc) is 2.19. The maximum Gasteiger partial charge on any atom is 0.599 e. The molecule has 0 aliphatic carbocycles. The second-order valence-corrected chi connectivity index (χ2v) is 5.71. The summed E-state index contributed by atoms with van der Waals surface area (Å²) in [6.07, 6.45) is 0. The zero-order valence-corrected chi connectivity index (χ0v) is 11.3. The van der Waals surface area contributed by atoms with Crippen molar-refractivity contribution in [2.45, 2.75) is 20.8 Å². The number of nitrogens with zero attached hydrogens (tertiary/aromatic N) is 1. The summed E-state index contributed by atoms with van der Waals surface area (Å²) < 4.78 is 19.0. The molecule has 0 aliphatic rings. The van der Waals surface area contributed by atoms with Crippen LogP contribution in [-0.4, -0.2) is 53.5 Å². The van der Waals surface area contributed by atoms with Crippen LogP contribution in [0.5, 0.6) is 0 Å². The summed E-state index contributed by atoms with van der Waals surface area (Å²) >= 11 is 0. The van der Waals surface area contributed by atoms with Gasteiger partial charge in [-0.1, -0.05) is 0 Å². The Hall–Kier alpha value is 0.0169. The molecule has 0 rings (SSSR count). The number of rotatable bonds is 9. The van der Waals surface area contributed by atoms with Crippen molar-refractivity contribution in [3.8, 4) is 0 Å². The van der Waals surface area contributed by atoms with E-state index in [2.05, 4.69) is 0 Å². The molecule has 0 unspecified atom stereocenters. The average molecular weight is 236 g/mol. The number of hydrogen-bond acceptors (Lipinski definition) is 5. The number of hydrogen-bond donors (Lipinski definition) is 1. The molecule has 0 spiro atoms. The maximum atomic E-state index is 5.69. The summed E-state index contributed by atoms with van der Waals surface area (Å²) in [4.78, 5) is 0. The SMILES string of the molecule is CCO[Si](OCC)(OCC)N(C)CCN. The van der Waals surface area contributed by atoms with E-state index in [4.69, 9.17) is 19.0 Å². The summed E-state index contributed by atoms with van der Waals surface area (Å²) in [6, 6.07) is 0. The van der Waals surface area contributed by atoms with Crippen LogP contribution in [0.3, 0.4) is 0 Å². The second kappa shape index (κ2) is 8.20. The fourth-order valence-electron chi connectivity index (χ4n) is 1.33. The number of likely N-dealkylation sites (N-methyl/N-ethyl adjacent to an activating group) is 1. The minimum Gasteiger partial charge on any atom is -0.361 e. The van der Waals surface area contributed by atoms with Crippen molar-refractivity contribution in [2.24, 2.45) is 5.73 Å². The first kappa shape index (κ1) is 15.0. The molecule has 2 N–H and O–H groups in total. The summed E-state index contributed by atoms with van der Waals surface area (Å²) in [5.41, 5.74) is 5.53. The van der Waals surface area contributed by atoms with Gasteiger partial charge in [0.05, 0.1) is 0 Å². The molecule has 0 aliphatic heterocycles. The first-order chi connectivity index (χ1) is 7.16. The van der Waals surface area contributed by atoms with Gasteiger partial charge in [0, 0.05) is 32.9 Å². The number of nitrogens with two attached hydrogens (primary N) is 1. The molecule has 0 saturated heterocycles. The molecule has 0 saturated carbocycles. The largest absolute Gasteiger partial charge is 0.599 e. The van der Waals surface area contributed by atoms with E-state index in [1.54, 1.807) is 0 Å². The molecule has 0 bridgehead atoms. The molecule has 5 nitrogen and oxygen atoms in total. The molecule has 0 heterocycles. The fraction of sp³-hybridized carbons (Fsp3) is 1.00. The third kappa shape index (κ3) is 4.58. The zero-order valence-electron chi connectivity index (χ0n) is 10.3. The van der Waals surface area contributed by atoms with Crippen LogP contribution in [0.25, 0.3) is 0 Å². The Morgan fingerprint density at radius 1 is 1.00 bits per heavy atom. The first-order valence-corrected chi connectivity index (χ1v) is 7.17. The van der Waals surface area contributed by atoms with Gasteiger partial charge in [0.1, 0.15) is 0 Å². The minimum absolute atomic E-state index is 0.568. The summed E-state index contributed by atoms with van der Waals surface area (Å²) in [5.74, 6) is 0. The molecule has 0 atom stereocenters. The molecule has 0 aromatic rings. The maximum absolute atomic E-state index is 5.69. The van der Waals surface area contributed by atoms with Crippen molar-refractivity contribution >= 4 is 8.97 Å². The Bertz CT molecular complexity index is 143. The molecular formula is C9H24N2O3Si. The summed E-state index contributed by atoms with van der Waals surface area (Å²) in [7, 11) is -0.736. The highest BCUT2D eigenvalue weighted by Crippen LogP contribution is 2.13. The van der Waals surface area contributed by atoms with E-state index < -0.39 is 8.97 Å². The highest BCUT2D eigenvalue weighted by Gasteiger charge is 2.46. The van der Waals surface area contributed by atoms with Gasteiger partial charge in [-0.25, -0.2) is 0 Å². The van der Waals surface area contributed by atoms with E-state index in [-0.39, 0.29) is 0 Å². The predicted molar refractivity (Wildman–Crippen MR) is 62.3 cm³/mol. The standard InChI is InChI=1S/C9H24N2O3Si/c1-5-12-15(13-6-2,14-7-3)11(4)9-8-10/h5-10H2,1-4H3. The van der Waals surface area contributed by atoms with E-state index in [9.17, 15) is 0 Å². The van der Waals surface area contributed by atoms with Gasteiger partial charge in [0.25, 0.3) is 0 Å². The Balaban J connectivity index is 4.57. The molecule has 0 aromatic heterocycles. The van der Waals surface area contributed by atoms with Crippen LogP contribution in [-0.2, 0) is 13.3 Å². The fourth-order valence-corrected chi connectivity index (χ4v) is 3.74. The molecule has 0 aromatic carbocycles. The summed E-state index contributed by atoms with van der Waals surface area (Å²) in [6.45, 7) is 8.86. The topological polar surface area (TPSA) is 57.0 Å². The van der Waals surface area contributed by atoms with Crippen molar-refractivity contribution in [2.75, 3.05) is 40.0 Å². The van der Waals surface area contributed by atoms with Crippen LogP contribution in [0, 0.1) is 0 Å². The molecular weight excluding hydrogens is 212 g/mol. The van der Waals surface area contributed by atoms with Crippen molar-refractivity contribution in [3.63, 3.8) is 0 Å². The van der Waals surface area contributed by atoms with Crippen molar-refractivity contribution in [1.29, 1.82) is 0 Å². The first-order valence-electron chi connectivity index (χ1n) is 5.50. The molecule has 6 heteroatoms. The van der Waals surface area contributed by atoms with E-state index in [0.717, 1.165) is 0 Å². The van der Waals surface area contributed by atoms with Crippen LogP contribution in [0.4, 0.5) is 0 Å². The van der Waals surface area contributed by atoms with Gasteiger partial charge in [-0.2, -0.15) is 0 Å². The highest BCUT2D eigenvalue weighted by molar-refractivity contribution is 6.57. The van der Waals surface area contributed by atoms with E-state index >= 15 is 0 Å². The Morgan fingerprint density at radius 3 is 1.67 bits per heavy atom. The molecule has 0 radical (unpaired) electrons. The zero-order chi connectivity index (χ0) is 11.7.